The minimum atomic E-state index is 0.114. The van der Waals surface area contributed by atoms with Crippen molar-refractivity contribution in [2.75, 3.05) is 13.1 Å². The van der Waals surface area contributed by atoms with E-state index in [1.165, 1.54) is 16.9 Å². The number of aromatic nitrogens is 4. The van der Waals surface area contributed by atoms with Gasteiger partial charge in [0.1, 0.15) is 5.65 Å². The third-order valence-electron chi connectivity index (χ3n) is 5.88. The maximum atomic E-state index is 12.6. The molecule has 0 saturated heterocycles. The number of aromatic amines is 2. The molecule has 0 fully saturated rings. The molecule has 5 aromatic rings. The van der Waals surface area contributed by atoms with Crippen LogP contribution in [-0.2, 0) is 0 Å². The van der Waals surface area contributed by atoms with Crippen molar-refractivity contribution in [3.05, 3.63) is 76.9 Å². The number of benzene rings is 1. The second-order valence-corrected chi connectivity index (χ2v) is 8.65. The predicted octanol–water partition coefficient (Wildman–Crippen LogP) is 5.10. The summed E-state index contributed by atoms with van der Waals surface area (Å²) in [5.74, 6) is 0.114. The number of hydrogen-bond acceptors (Lipinski definition) is 4. The first-order valence-electron chi connectivity index (χ1n) is 10.2. The molecule has 31 heavy (non-hydrogen) atoms. The Kier molecular flexibility index (Phi) is 4.21. The van der Waals surface area contributed by atoms with E-state index in [4.69, 9.17) is 0 Å². The number of carbonyl (C=O) groups excluding carboxylic acids is 1. The molecule has 1 aromatic carbocycles. The summed E-state index contributed by atoms with van der Waals surface area (Å²) < 4.78 is 0. The van der Waals surface area contributed by atoms with Gasteiger partial charge in [0.05, 0.1) is 16.6 Å². The molecular formula is C24H19N5OS. The van der Waals surface area contributed by atoms with Crippen LogP contribution in [0.4, 0.5) is 0 Å². The fourth-order valence-electron chi connectivity index (χ4n) is 4.20. The number of rotatable bonds is 3. The minimum absolute atomic E-state index is 0.114. The van der Waals surface area contributed by atoms with E-state index >= 15 is 0 Å². The van der Waals surface area contributed by atoms with Crippen LogP contribution in [0, 0.1) is 0 Å². The van der Waals surface area contributed by atoms with Gasteiger partial charge in [0, 0.05) is 47.4 Å². The summed E-state index contributed by atoms with van der Waals surface area (Å²) in [6.07, 6.45) is 8.77. The third-order valence-corrected chi connectivity index (χ3v) is 6.74. The van der Waals surface area contributed by atoms with Gasteiger partial charge in [-0.3, -0.25) is 9.89 Å². The molecule has 0 bridgehead atoms. The summed E-state index contributed by atoms with van der Waals surface area (Å²) in [4.78, 5) is 23.3. The Morgan fingerprint density at radius 3 is 2.94 bits per heavy atom. The van der Waals surface area contributed by atoms with Crippen molar-refractivity contribution in [1.29, 1.82) is 0 Å². The van der Waals surface area contributed by atoms with Gasteiger partial charge in [-0.2, -0.15) is 5.10 Å². The van der Waals surface area contributed by atoms with Crippen LogP contribution in [0.3, 0.4) is 0 Å². The summed E-state index contributed by atoms with van der Waals surface area (Å²) in [7, 11) is 0. The lowest BCUT2D eigenvalue weighted by Crippen LogP contribution is -2.34. The molecule has 152 valence electrons. The van der Waals surface area contributed by atoms with Gasteiger partial charge in [-0.05, 0) is 47.2 Å². The Bertz CT molecular complexity index is 1440. The molecule has 6 nitrogen and oxygen atoms in total. The Morgan fingerprint density at radius 1 is 1.13 bits per heavy atom. The van der Waals surface area contributed by atoms with E-state index in [0.717, 1.165) is 56.5 Å². The molecule has 0 saturated carbocycles. The molecule has 0 radical (unpaired) electrons. The highest BCUT2D eigenvalue weighted by atomic mass is 32.1. The number of hydrogen-bond donors (Lipinski definition) is 2. The van der Waals surface area contributed by atoms with E-state index < -0.39 is 0 Å². The first-order valence-corrected chi connectivity index (χ1v) is 11.1. The molecule has 4 aromatic heterocycles. The van der Waals surface area contributed by atoms with Crippen LogP contribution < -0.4 is 0 Å². The number of carbonyl (C=O) groups is 1. The van der Waals surface area contributed by atoms with Crippen LogP contribution >= 0.6 is 11.3 Å². The Morgan fingerprint density at radius 2 is 2.10 bits per heavy atom. The van der Waals surface area contributed by atoms with Crippen LogP contribution in [0.1, 0.15) is 21.7 Å². The monoisotopic (exact) mass is 425 g/mol. The first kappa shape index (κ1) is 18.1. The van der Waals surface area contributed by atoms with Gasteiger partial charge < -0.3 is 9.88 Å². The molecule has 6 rings (SSSR count). The molecule has 0 aliphatic carbocycles. The molecule has 1 aliphatic heterocycles. The van der Waals surface area contributed by atoms with Crippen molar-refractivity contribution >= 4 is 44.8 Å². The highest BCUT2D eigenvalue weighted by molar-refractivity contribution is 7.12. The van der Waals surface area contributed by atoms with Gasteiger partial charge >= 0.3 is 0 Å². The zero-order valence-corrected chi connectivity index (χ0v) is 17.4. The topological polar surface area (TPSA) is 77.7 Å². The second-order valence-electron chi connectivity index (χ2n) is 7.70. The smallest absolute Gasteiger partial charge is 0.264 e. The Labute approximate surface area is 182 Å². The van der Waals surface area contributed by atoms with Gasteiger partial charge in [0.15, 0.2) is 0 Å². The molecule has 1 aliphatic rings. The molecule has 7 heteroatoms. The third kappa shape index (κ3) is 3.14. The second kappa shape index (κ2) is 7.21. The van der Waals surface area contributed by atoms with Gasteiger partial charge in [0.25, 0.3) is 5.91 Å². The van der Waals surface area contributed by atoms with Crippen LogP contribution in [0.2, 0.25) is 0 Å². The van der Waals surface area contributed by atoms with Gasteiger partial charge in [-0.15, -0.1) is 11.3 Å². The highest BCUT2D eigenvalue weighted by Crippen LogP contribution is 2.32. The molecular weight excluding hydrogens is 406 g/mol. The summed E-state index contributed by atoms with van der Waals surface area (Å²) in [6, 6.07) is 12.3. The van der Waals surface area contributed by atoms with Crippen LogP contribution in [0.25, 0.3) is 38.6 Å². The molecule has 0 atom stereocenters. The minimum Gasteiger partial charge on any atom is -0.346 e. The zero-order valence-electron chi connectivity index (χ0n) is 16.6. The number of thiophene rings is 1. The standard InChI is InChI=1S/C24H19N5OS/c30-24(22-2-1-9-31-22)29-7-5-15(6-8-29)20-14-26-23-19(20)11-17(12-25-23)16-3-4-21-18(10-16)13-27-28-21/h1-5,9-14H,6-8H2,(H,25,26)(H,27,28). The Hall–Kier alpha value is -3.71. The van der Waals surface area contributed by atoms with E-state index in [9.17, 15) is 4.79 Å². The predicted molar refractivity (Wildman–Crippen MR) is 124 cm³/mol. The van der Waals surface area contributed by atoms with Crippen molar-refractivity contribution in [1.82, 2.24) is 25.1 Å². The summed E-state index contributed by atoms with van der Waals surface area (Å²) in [6.45, 7) is 1.35. The maximum Gasteiger partial charge on any atom is 0.264 e. The average Bonchev–Trinajstić information content (AvgIpc) is 3.58. The number of nitrogens with zero attached hydrogens (tertiary/aromatic N) is 3. The first-order chi connectivity index (χ1) is 15.3. The number of pyridine rings is 1. The summed E-state index contributed by atoms with van der Waals surface area (Å²) in [5.41, 5.74) is 6.50. The maximum absolute atomic E-state index is 12.6. The fourth-order valence-corrected chi connectivity index (χ4v) is 4.89. The SMILES string of the molecule is O=C(c1cccs1)N1CC=C(c2c[nH]c3ncc(-c4ccc5[nH]ncc5c4)cc23)CC1. The number of amides is 1. The van der Waals surface area contributed by atoms with E-state index in [1.807, 2.05) is 47.1 Å². The quantitative estimate of drug-likeness (QED) is 0.422. The van der Waals surface area contributed by atoms with Crippen molar-refractivity contribution in [2.45, 2.75) is 6.42 Å². The zero-order chi connectivity index (χ0) is 20.8. The lowest BCUT2D eigenvalue weighted by molar-refractivity contribution is 0.0777. The van der Waals surface area contributed by atoms with Crippen molar-refractivity contribution in [3.63, 3.8) is 0 Å². The normalized spacial score (nSPS) is 14.3. The van der Waals surface area contributed by atoms with Gasteiger partial charge in [-0.25, -0.2) is 4.98 Å². The van der Waals surface area contributed by atoms with Crippen LogP contribution in [0.5, 0.6) is 0 Å². The van der Waals surface area contributed by atoms with Crippen molar-refractivity contribution in [2.24, 2.45) is 0 Å². The number of H-pyrrole nitrogens is 2. The van der Waals surface area contributed by atoms with E-state index in [2.05, 4.69) is 44.4 Å². The average molecular weight is 426 g/mol. The summed E-state index contributed by atoms with van der Waals surface area (Å²) in [5, 5.41) is 11.2. The van der Waals surface area contributed by atoms with Gasteiger partial charge in [-0.1, -0.05) is 18.2 Å². The molecule has 2 N–H and O–H groups in total. The van der Waals surface area contributed by atoms with Gasteiger partial charge in [0.2, 0.25) is 0 Å². The number of fused-ring (bicyclic) bond motifs is 2. The van der Waals surface area contributed by atoms with E-state index in [0.29, 0.717) is 6.54 Å². The van der Waals surface area contributed by atoms with Crippen molar-refractivity contribution in [3.8, 4) is 11.1 Å². The van der Waals surface area contributed by atoms with Crippen molar-refractivity contribution < 1.29 is 4.79 Å². The lowest BCUT2D eigenvalue weighted by atomic mass is 9.97. The molecule has 1 amide bonds. The molecule has 0 spiro atoms. The molecule has 0 unspecified atom stereocenters. The fraction of sp³-hybridized carbons (Fsp3) is 0.125. The Balaban J connectivity index is 1.32. The van der Waals surface area contributed by atoms with E-state index in [1.54, 1.807) is 0 Å². The van der Waals surface area contributed by atoms with E-state index in [-0.39, 0.29) is 5.91 Å². The largest absolute Gasteiger partial charge is 0.346 e. The van der Waals surface area contributed by atoms with Crippen LogP contribution in [-0.4, -0.2) is 44.1 Å². The lowest BCUT2D eigenvalue weighted by Gasteiger charge is -2.26. The molecule has 5 heterocycles. The van der Waals surface area contributed by atoms with Crippen LogP contribution in [0.15, 0.2) is 66.4 Å². The highest BCUT2D eigenvalue weighted by Gasteiger charge is 2.21. The summed E-state index contributed by atoms with van der Waals surface area (Å²) >= 11 is 1.49. The number of nitrogens with one attached hydrogen (secondary N) is 2.